The Morgan fingerprint density at radius 2 is 2.12 bits per heavy atom. The van der Waals surface area contributed by atoms with Crippen molar-refractivity contribution in [1.29, 1.82) is 0 Å². The number of aliphatic hydroxyl groups is 1. The van der Waals surface area contributed by atoms with Crippen molar-refractivity contribution >= 4 is 6.03 Å². The molecule has 5 nitrogen and oxygen atoms in total. The summed E-state index contributed by atoms with van der Waals surface area (Å²) in [7, 11) is 0. The number of aryl methyl sites for hydroxylation is 1. The van der Waals surface area contributed by atoms with Gasteiger partial charge in [0.25, 0.3) is 0 Å². The van der Waals surface area contributed by atoms with E-state index >= 15 is 0 Å². The number of nitrogens with zero attached hydrogens (tertiary/aromatic N) is 2. The molecule has 2 unspecified atom stereocenters. The maximum absolute atomic E-state index is 12.6. The molecule has 2 N–H and O–H groups in total. The number of hydrogen-bond donors (Lipinski definition) is 2. The van der Waals surface area contributed by atoms with Gasteiger partial charge in [0.05, 0.1) is 11.7 Å². The van der Waals surface area contributed by atoms with Crippen molar-refractivity contribution in [3.63, 3.8) is 0 Å². The van der Waals surface area contributed by atoms with E-state index in [2.05, 4.69) is 41.5 Å². The van der Waals surface area contributed by atoms with Crippen molar-refractivity contribution in [1.82, 2.24) is 15.2 Å². The lowest BCUT2D eigenvalue weighted by Crippen LogP contribution is -2.41. The summed E-state index contributed by atoms with van der Waals surface area (Å²) in [5.74, 6) is 0.191. The molecule has 2 heterocycles. The van der Waals surface area contributed by atoms with E-state index in [0.717, 1.165) is 17.7 Å². The standard InChI is InChI=1S/C20H25N3O2/c1-15-5-7-16(8-6-15)12-19(18-4-2-3-10-21-18)22-20(25)23-11-9-17(13-23)14-24/h2-8,10,17,19,24H,9,11-14H2,1H3,(H,22,25). The number of nitrogens with one attached hydrogen (secondary N) is 1. The summed E-state index contributed by atoms with van der Waals surface area (Å²) >= 11 is 0. The van der Waals surface area contributed by atoms with Gasteiger partial charge in [-0.05, 0) is 37.5 Å². The quantitative estimate of drug-likeness (QED) is 0.880. The fourth-order valence-electron chi connectivity index (χ4n) is 3.18. The van der Waals surface area contributed by atoms with Crippen molar-refractivity contribution in [3.05, 3.63) is 65.5 Å². The van der Waals surface area contributed by atoms with E-state index in [4.69, 9.17) is 0 Å². The summed E-state index contributed by atoms with van der Waals surface area (Å²) in [4.78, 5) is 18.9. The first-order valence-corrected chi connectivity index (χ1v) is 8.78. The molecule has 2 aromatic rings. The molecule has 132 valence electrons. The molecule has 2 amide bonds. The average molecular weight is 339 g/mol. The summed E-state index contributed by atoms with van der Waals surface area (Å²) < 4.78 is 0. The molecule has 0 radical (unpaired) electrons. The Labute approximate surface area is 148 Å². The molecular weight excluding hydrogens is 314 g/mol. The van der Waals surface area contributed by atoms with E-state index in [9.17, 15) is 9.90 Å². The lowest BCUT2D eigenvalue weighted by molar-refractivity contribution is 0.194. The van der Waals surface area contributed by atoms with E-state index in [-0.39, 0.29) is 24.6 Å². The molecule has 1 fully saturated rings. The molecule has 2 atom stereocenters. The topological polar surface area (TPSA) is 65.5 Å². The van der Waals surface area contributed by atoms with Crippen LogP contribution in [-0.4, -0.2) is 40.7 Å². The largest absolute Gasteiger partial charge is 0.396 e. The van der Waals surface area contributed by atoms with Crippen LogP contribution >= 0.6 is 0 Å². The Hall–Kier alpha value is -2.40. The summed E-state index contributed by atoms with van der Waals surface area (Å²) in [5.41, 5.74) is 3.24. The van der Waals surface area contributed by atoms with Crippen LogP contribution in [0.1, 0.15) is 29.3 Å². The van der Waals surface area contributed by atoms with Gasteiger partial charge in [0.15, 0.2) is 0 Å². The molecule has 0 spiro atoms. The SMILES string of the molecule is Cc1ccc(CC(NC(=O)N2CCC(CO)C2)c2ccccn2)cc1. The van der Waals surface area contributed by atoms with Crippen molar-refractivity contribution < 1.29 is 9.90 Å². The Morgan fingerprint density at radius 3 is 2.76 bits per heavy atom. The molecule has 25 heavy (non-hydrogen) atoms. The lowest BCUT2D eigenvalue weighted by Gasteiger charge is -2.23. The van der Waals surface area contributed by atoms with Crippen molar-refractivity contribution in [2.75, 3.05) is 19.7 Å². The van der Waals surface area contributed by atoms with Crippen LogP contribution in [0.2, 0.25) is 0 Å². The second kappa shape index (κ2) is 8.12. The normalized spacial score (nSPS) is 18.2. The van der Waals surface area contributed by atoms with Crippen LogP contribution in [0, 0.1) is 12.8 Å². The third kappa shape index (κ3) is 4.57. The van der Waals surface area contributed by atoms with Crippen LogP contribution in [0.3, 0.4) is 0 Å². The van der Waals surface area contributed by atoms with Crippen LogP contribution in [0.15, 0.2) is 48.7 Å². The molecule has 1 aliphatic rings. The summed E-state index contributed by atoms with van der Waals surface area (Å²) in [5, 5.41) is 12.4. The van der Waals surface area contributed by atoms with Crippen LogP contribution < -0.4 is 5.32 Å². The first-order chi connectivity index (χ1) is 12.2. The summed E-state index contributed by atoms with van der Waals surface area (Å²) in [6, 6.07) is 13.8. The van der Waals surface area contributed by atoms with Gasteiger partial charge < -0.3 is 15.3 Å². The van der Waals surface area contributed by atoms with E-state index in [1.165, 1.54) is 5.56 Å². The minimum absolute atomic E-state index is 0.0845. The first kappa shape index (κ1) is 17.4. The third-order valence-electron chi connectivity index (χ3n) is 4.73. The third-order valence-corrected chi connectivity index (χ3v) is 4.73. The monoisotopic (exact) mass is 339 g/mol. The first-order valence-electron chi connectivity index (χ1n) is 8.78. The van der Waals surface area contributed by atoms with Gasteiger partial charge in [-0.3, -0.25) is 4.98 Å². The summed E-state index contributed by atoms with van der Waals surface area (Å²) in [6.45, 7) is 3.50. The van der Waals surface area contributed by atoms with Gasteiger partial charge in [-0.15, -0.1) is 0 Å². The second-order valence-corrected chi connectivity index (χ2v) is 6.73. The summed E-state index contributed by atoms with van der Waals surface area (Å²) in [6.07, 6.45) is 3.30. The number of benzene rings is 1. The van der Waals surface area contributed by atoms with Crippen LogP contribution in [0.25, 0.3) is 0 Å². The number of urea groups is 1. The van der Waals surface area contributed by atoms with Gasteiger partial charge >= 0.3 is 6.03 Å². The highest BCUT2D eigenvalue weighted by molar-refractivity contribution is 5.75. The molecule has 1 aromatic carbocycles. The molecule has 1 saturated heterocycles. The number of rotatable bonds is 5. The Balaban J connectivity index is 1.72. The molecule has 0 bridgehead atoms. The number of aromatic nitrogens is 1. The average Bonchev–Trinajstić information content (AvgIpc) is 3.13. The molecule has 0 aliphatic carbocycles. The molecule has 5 heteroatoms. The number of hydrogen-bond acceptors (Lipinski definition) is 3. The van der Waals surface area contributed by atoms with Crippen molar-refractivity contribution in [2.45, 2.75) is 25.8 Å². The number of amides is 2. The van der Waals surface area contributed by atoms with Gasteiger partial charge in [-0.2, -0.15) is 0 Å². The fraction of sp³-hybridized carbons (Fsp3) is 0.400. The number of aliphatic hydroxyl groups excluding tert-OH is 1. The maximum atomic E-state index is 12.6. The minimum atomic E-state index is -0.176. The number of likely N-dealkylation sites (tertiary alicyclic amines) is 1. The highest BCUT2D eigenvalue weighted by Gasteiger charge is 2.27. The van der Waals surface area contributed by atoms with Gasteiger partial charge in [-0.1, -0.05) is 35.9 Å². The van der Waals surface area contributed by atoms with Gasteiger partial charge in [0.2, 0.25) is 0 Å². The predicted molar refractivity (Wildman–Crippen MR) is 97.2 cm³/mol. The Kier molecular flexibility index (Phi) is 5.66. The zero-order chi connectivity index (χ0) is 17.6. The van der Waals surface area contributed by atoms with Crippen molar-refractivity contribution in [3.8, 4) is 0 Å². The zero-order valence-corrected chi connectivity index (χ0v) is 14.6. The zero-order valence-electron chi connectivity index (χ0n) is 14.6. The van der Waals surface area contributed by atoms with Crippen LogP contribution in [-0.2, 0) is 6.42 Å². The van der Waals surface area contributed by atoms with Crippen LogP contribution in [0.4, 0.5) is 4.79 Å². The number of pyridine rings is 1. The van der Waals surface area contributed by atoms with Gasteiger partial charge in [0.1, 0.15) is 0 Å². The van der Waals surface area contributed by atoms with E-state index in [0.29, 0.717) is 19.5 Å². The smallest absolute Gasteiger partial charge is 0.317 e. The minimum Gasteiger partial charge on any atom is -0.396 e. The molecular formula is C20H25N3O2. The van der Waals surface area contributed by atoms with Gasteiger partial charge in [0, 0.05) is 31.8 Å². The Morgan fingerprint density at radius 1 is 1.32 bits per heavy atom. The highest BCUT2D eigenvalue weighted by atomic mass is 16.3. The molecule has 1 aliphatic heterocycles. The highest BCUT2D eigenvalue weighted by Crippen LogP contribution is 2.20. The van der Waals surface area contributed by atoms with E-state index in [1.807, 2.05) is 18.2 Å². The van der Waals surface area contributed by atoms with E-state index in [1.54, 1.807) is 11.1 Å². The molecule has 1 aromatic heterocycles. The molecule has 0 saturated carbocycles. The number of carbonyl (C=O) groups excluding carboxylic acids is 1. The lowest BCUT2D eigenvalue weighted by atomic mass is 10.0. The fourth-order valence-corrected chi connectivity index (χ4v) is 3.18. The predicted octanol–water partition coefficient (Wildman–Crippen LogP) is 2.70. The van der Waals surface area contributed by atoms with Gasteiger partial charge in [-0.25, -0.2) is 4.79 Å². The van der Waals surface area contributed by atoms with Crippen LogP contribution in [0.5, 0.6) is 0 Å². The maximum Gasteiger partial charge on any atom is 0.317 e. The second-order valence-electron chi connectivity index (χ2n) is 6.73. The van der Waals surface area contributed by atoms with Crippen molar-refractivity contribution in [2.24, 2.45) is 5.92 Å². The Bertz CT molecular complexity index is 688. The van der Waals surface area contributed by atoms with E-state index < -0.39 is 0 Å². The molecule has 3 rings (SSSR count). The number of carbonyl (C=O) groups is 1.